The summed E-state index contributed by atoms with van der Waals surface area (Å²) in [4.78, 5) is 40.4. The van der Waals surface area contributed by atoms with Crippen molar-refractivity contribution < 1.29 is 82.5 Å². The fourth-order valence-electron chi connectivity index (χ4n) is 9.28. The number of benzene rings is 1. The van der Waals surface area contributed by atoms with E-state index in [1.807, 2.05) is 13.8 Å². The van der Waals surface area contributed by atoms with Crippen LogP contribution in [0.5, 0.6) is 0 Å². The molecule has 18 atom stereocenters. The Morgan fingerprint density at radius 2 is 1.66 bits per heavy atom. The summed E-state index contributed by atoms with van der Waals surface area (Å²) >= 11 is 0. The first-order valence-corrected chi connectivity index (χ1v) is 22.5. The molecule has 7 N–H and O–H groups in total. The maximum absolute atomic E-state index is 13.3. The number of aliphatic hydroxyl groups excluding tert-OH is 6. The predicted molar refractivity (Wildman–Crippen MR) is 221 cm³/mol. The second-order valence-electron chi connectivity index (χ2n) is 17.6. The Balaban J connectivity index is 1.08. The van der Waals surface area contributed by atoms with Crippen LogP contribution < -0.4 is 10.9 Å². The molecule has 1 aromatic heterocycles. The molecule has 64 heavy (non-hydrogen) atoms. The summed E-state index contributed by atoms with van der Waals surface area (Å²) in [5, 5.41) is 68.7. The smallest absolute Gasteiger partial charge is 0.341 e. The summed E-state index contributed by atoms with van der Waals surface area (Å²) in [7, 11) is 0. The number of amides is 2. The molecule has 20 heteroatoms. The SMILES string of the molecule is CCC[C@H](OC1C(NC(C)=O)[C@H](O[C@@H]2CC(CO[C@H]3OC(CO)[C@@H](O)C(OCc4cc5ccccc5oc4=O)C3O)CC(CC)C2O[C@@H]2OC(C)[C@@H](O)C2O)O[C@@H]1O)C(=O)N1CCC1. The van der Waals surface area contributed by atoms with Crippen molar-refractivity contribution in [2.75, 3.05) is 26.3 Å². The molecule has 358 valence electrons. The molecule has 2 amide bonds. The number of nitrogens with zero attached hydrogens (tertiary/aromatic N) is 1. The van der Waals surface area contributed by atoms with E-state index in [1.54, 1.807) is 42.2 Å². The number of carbonyl (C=O) groups excluding carboxylic acids is 2. The zero-order chi connectivity index (χ0) is 45.8. The summed E-state index contributed by atoms with van der Waals surface area (Å²) < 4.78 is 54.5. The minimum Gasteiger partial charge on any atom is -0.422 e. The van der Waals surface area contributed by atoms with Gasteiger partial charge >= 0.3 is 5.63 Å². The Kier molecular flexibility index (Phi) is 16.5. The Labute approximate surface area is 370 Å². The first-order chi connectivity index (χ1) is 30.7. The van der Waals surface area contributed by atoms with Gasteiger partial charge in [0.1, 0.15) is 60.5 Å². The Bertz CT molecular complexity index is 1920. The first kappa shape index (κ1) is 48.7. The van der Waals surface area contributed by atoms with Gasteiger partial charge in [-0.15, -0.1) is 0 Å². The average Bonchev–Trinajstić information content (AvgIpc) is 3.66. The molecular formula is C44H64N2O18. The standard InChI is InChI=1S/C44H64N2O18/c1-5-10-28(39(53)46-13-9-14-46)59-37-31(45-22(4)48)42(64-41(37)55)61-29-16-23(15-24(6-2)36(29)63-44-34(51)32(49)21(3)58-44)19-57-43-35(52)38(33(50)30(18-47)62-43)56-20-26-17-25-11-7-8-12-27(25)60-40(26)54/h7-8,11-12,17,21,23-24,28-38,41-44,47,49-52,55H,5-6,9-10,13-16,18-20H2,1-4H3,(H,45,48)/t21?,23?,24?,28-,29+,30?,31?,32+,33+,34?,35?,36?,37?,38?,41-,42+,43-,44-/m0/s1. The van der Waals surface area contributed by atoms with E-state index in [2.05, 4.69) is 5.32 Å². The summed E-state index contributed by atoms with van der Waals surface area (Å²) in [5.74, 6) is -1.29. The summed E-state index contributed by atoms with van der Waals surface area (Å²) in [6.07, 6.45) is -15.1. The number of hydrogen-bond acceptors (Lipinski definition) is 18. The van der Waals surface area contributed by atoms with Gasteiger partial charge in [0.15, 0.2) is 25.2 Å². The van der Waals surface area contributed by atoms with Gasteiger partial charge in [0.25, 0.3) is 5.91 Å². The van der Waals surface area contributed by atoms with Crippen LogP contribution in [-0.4, -0.2) is 172 Å². The van der Waals surface area contributed by atoms with Gasteiger partial charge in [-0.3, -0.25) is 9.59 Å². The average molecular weight is 909 g/mol. The van der Waals surface area contributed by atoms with Crippen molar-refractivity contribution in [3.8, 4) is 0 Å². The van der Waals surface area contributed by atoms with Crippen LogP contribution in [0.25, 0.3) is 11.0 Å². The minimum atomic E-state index is -1.60. The molecule has 10 unspecified atom stereocenters. The van der Waals surface area contributed by atoms with Crippen molar-refractivity contribution >= 4 is 22.8 Å². The third-order valence-electron chi connectivity index (χ3n) is 13.0. The van der Waals surface area contributed by atoms with E-state index in [-0.39, 0.29) is 42.9 Å². The molecule has 2 aromatic rings. The molecule has 5 aliphatic rings. The van der Waals surface area contributed by atoms with Gasteiger partial charge in [-0.05, 0) is 56.6 Å². The molecule has 4 aliphatic heterocycles. The van der Waals surface area contributed by atoms with Crippen LogP contribution >= 0.6 is 0 Å². The van der Waals surface area contributed by atoms with Gasteiger partial charge in [-0.25, -0.2) is 4.79 Å². The van der Waals surface area contributed by atoms with Gasteiger partial charge in [-0.2, -0.15) is 0 Å². The van der Waals surface area contributed by atoms with E-state index >= 15 is 0 Å². The molecule has 7 rings (SSSR count). The third-order valence-corrected chi connectivity index (χ3v) is 13.0. The maximum atomic E-state index is 13.3. The van der Waals surface area contributed by atoms with Crippen LogP contribution in [0.1, 0.15) is 71.8 Å². The Morgan fingerprint density at radius 3 is 2.31 bits per heavy atom. The number of fused-ring (bicyclic) bond motifs is 1. The first-order valence-electron chi connectivity index (χ1n) is 22.5. The van der Waals surface area contributed by atoms with E-state index in [4.69, 9.17) is 42.3 Å². The van der Waals surface area contributed by atoms with Crippen molar-refractivity contribution in [3.05, 3.63) is 46.3 Å². The van der Waals surface area contributed by atoms with Crippen molar-refractivity contribution in [1.29, 1.82) is 0 Å². The van der Waals surface area contributed by atoms with Crippen molar-refractivity contribution in [2.45, 2.75) is 171 Å². The number of hydrogen-bond donors (Lipinski definition) is 7. The number of likely N-dealkylation sites (tertiary alicyclic amines) is 1. The lowest BCUT2D eigenvalue weighted by molar-refractivity contribution is -0.314. The van der Waals surface area contributed by atoms with Crippen LogP contribution in [-0.2, 0) is 54.1 Å². The van der Waals surface area contributed by atoms with Crippen LogP contribution in [0.2, 0.25) is 0 Å². The van der Waals surface area contributed by atoms with Crippen LogP contribution in [0.4, 0.5) is 0 Å². The van der Waals surface area contributed by atoms with Crippen molar-refractivity contribution in [1.82, 2.24) is 10.2 Å². The second-order valence-corrected chi connectivity index (χ2v) is 17.6. The van der Waals surface area contributed by atoms with E-state index < -0.39 is 116 Å². The third kappa shape index (κ3) is 10.8. The molecule has 0 bridgehead atoms. The zero-order valence-corrected chi connectivity index (χ0v) is 36.6. The predicted octanol–water partition coefficient (Wildman–Crippen LogP) is -0.227. The zero-order valence-electron chi connectivity index (χ0n) is 36.6. The molecule has 20 nitrogen and oxygen atoms in total. The molecule has 5 fully saturated rings. The monoisotopic (exact) mass is 908 g/mol. The number of aliphatic hydroxyl groups is 6. The van der Waals surface area contributed by atoms with E-state index in [0.29, 0.717) is 49.7 Å². The van der Waals surface area contributed by atoms with Gasteiger partial charge in [0.2, 0.25) is 5.91 Å². The van der Waals surface area contributed by atoms with Crippen molar-refractivity contribution in [2.24, 2.45) is 11.8 Å². The lowest BCUT2D eigenvalue weighted by atomic mass is 9.76. The van der Waals surface area contributed by atoms with Gasteiger partial charge < -0.3 is 83.2 Å². The quantitative estimate of drug-likeness (QED) is 0.0952. The fourth-order valence-corrected chi connectivity index (χ4v) is 9.28. The van der Waals surface area contributed by atoms with E-state index in [0.717, 1.165) is 6.42 Å². The second kappa shape index (κ2) is 21.6. The highest BCUT2D eigenvalue weighted by molar-refractivity contribution is 5.81. The number of para-hydroxylation sites is 1. The molecule has 1 aromatic carbocycles. The lowest BCUT2D eigenvalue weighted by Gasteiger charge is -2.45. The highest BCUT2D eigenvalue weighted by atomic mass is 16.8. The topological polar surface area (TPSA) is 275 Å². The highest BCUT2D eigenvalue weighted by Crippen LogP contribution is 2.40. The van der Waals surface area contributed by atoms with Crippen LogP contribution in [0.15, 0.2) is 39.5 Å². The number of carbonyl (C=O) groups is 2. The van der Waals surface area contributed by atoms with Crippen LogP contribution in [0.3, 0.4) is 0 Å². The molecule has 5 heterocycles. The normalized spacial score (nSPS) is 38.3. The number of ether oxygens (including phenoxy) is 8. The molecule has 4 saturated heterocycles. The van der Waals surface area contributed by atoms with Gasteiger partial charge in [0.05, 0.1) is 43.7 Å². The van der Waals surface area contributed by atoms with Gasteiger partial charge in [-0.1, -0.05) is 44.9 Å². The Morgan fingerprint density at radius 1 is 0.891 bits per heavy atom. The largest absolute Gasteiger partial charge is 0.422 e. The van der Waals surface area contributed by atoms with E-state index in [9.17, 15) is 45.0 Å². The fraction of sp³-hybridized carbons (Fsp3) is 0.750. The Hall–Kier alpha value is -3.19. The molecule has 1 saturated carbocycles. The highest BCUT2D eigenvalue weighted by Gasteiger charge is 2.53. The molecule has 0 spiro atoms. The lowest BCUT2D eigenvalue weighted by Crippen LogP contribution is -2.60. The molecule has 1 aliphatic carbocycles. The summed E-state index contributed by atoms with van der Waals surface area (Å²) in [5.41, 5.74) is -0.112. The molecule has 0 radical (unpaired) electrons. The molecular weight excluding hydrogens is 844 g/mol. The van der Waals surface area contributed by atoms with E-state index in [1.165, 1.54) is 6.92 Å². The summed E-state index contributed by atoms with van der Waals surface area (Å²) in [6.45, 7) is 6.96. The van der Waals surface area contributed by atoms with Crippen LogP contribution in [0, 0.1) is 11.8 Å². The van der Waals surface area contributed by atoms with Crippen molar-refractivity contribution in [3.63, 3.8) is 0 Å². The maximum Gasteiger partial charge on any atom is 0.341 e. The van der Waals surface area contributed by atoms with Gasteiger partial charge in [0, 0.05) is 25.4 Å². The summed E-state index contributed by atoms with van der Waals surface area (Å²) in [6, 6.07) is 7.46. The number of nitrogens with one attached hydrogen (secondary N) is 1. The minimum absolute atomic E-state index is 0.0370. The number of rotatable bonds is 18.